The molecule has 0 aromatic heterocycles. The van der Waals surface area contributed by atoms with Crippen molar-refractivity contribution in [2.45, 2.75) is 19.3 Å². The highest BCUT2D eigenvalue weighted by atomic mass is 35.5. The van der Waals surface area contributed by atoms with E-state index < -0.39 is 0 Å². The Hall–Kier alpha value is -1.05. The van der Waals surface area contributed by atoms with Gasteiger partial charge in [0.05, 0.1) is 0 Å². The van der Waals surface area contributed by atoms with Crippen LogP contribution in [0, 0.1) is 5.92 Å². The first-order chi connectivity index (χ1) is 8.84. The van der Waals surface area contributed by atoms with Crippen molar-refractivity contribution >= 4 is 22.4 Å². The Morgan fingerprint density at radius 1 is 1.00 bits per heavy atom. The summed E-state index contributed by atoms with van der Waals surface area (Å²) in [6.45, 7) is 2.33. The number of piperidine rings is 1. The number of fused-ring (bicyclic) bond motifs is 1. The van der Waals surface area contributed by atoms with Crippen LogP contribution < -0.4 is 5.32 Å². The molecule has 0 bridgehead atoms. The van der Waals surface area contributed by atoms with Gasteiger partial charge in [-0.25, -0.2) is 0 Å². The quantitative estimate of drug-likeness (QED) is 0.859. The molecule has 1 aliphatic heterocycles. The minimum absolute atomic E-state index is 0.816. The van der Waals surface area contributed by atoms with Gasteiger partial charge in [-0.3, -0.25) is 0 Å². The summed E-state index contributed by atoms with van der Waals surface area (Å²) in [6.07, 6.45) is 3.76. The molecule has 0 amide bonds. The van der Waals surface area contributed by atoms with Crippen molar-refractivity contribution < 1.29 is 0 Å². The second-order valence-corrected chi connectivity index (χ2v) is 5.56. The summed E-state index contributed by atoms with van der Waals surface area (Å²) in [5.74, 6) is 0.816. The van der Waals surface area contributed by atoms with Gasteiger partial charge in [-0.2, -0.15) is 0 Å². The van der Waals surface area contributed by atoms with Crippen LogP contribution >= 0.6 is 11.6 Å². The summed E-state index contributed by atoms with van der Waals surface area (Å²) >= 11 is 6.26. The zero-order valence-electron chi connectivity index (χ0n) is 10.5. The van der Waals surface area contributed by atoms with E-state index in [-0.39, 0.29) is 0 Å². The molecule has 2 aromatic carbocycles. The standard InChI is InChI=1S/C16H18ClN/c17-16-6-5-13(11-12-7-9-18-10-8-12)14-3-1-2-4-15(14)16/h1-6,12,18H,7-11H2. The van der Waals surface area contributed by atoms with Crippen LogP contribution in [0.5, 0.6) is 0 Å². The minimum atomic E-state index is 0.816. The maximum atomic E-state index is 6.26. The van der Waals surface area contributed by atoms with Crippen molar-refractivity contribution in [2.24, 2.45) is 5.92 Å². The fourth-order valence-electron chi connectivity index (χ4n) is 2.90. The molecule has 1 aliphatic rings. The van der Waals surface area contributed by atoms with Crippen LogP contribution in [0.3, 0.4) is 0 Å². The maximum Gasteiger partial charge on any atom is 0.0484 e. The number of nitrogens with one attached hydrogen (secondary N) is 1. The summed E-state index contributed by atoms with van der Waals surface area (Å²) < 4.78 is 0. The Balaban J connectivity index is 1.94. The molecular weight excluding hydrogens is 242 g/mol. The van der Waals surface area contributed by atoms with E-state index in [1.807, 2.05) is 6.07 Å². The predicted molar refractivity (Wildman–Crippen MR) is 78.3 cm³/mol. The molecule has 0 atom stereocenters. The van der Waals surface area contributed by atoms with E-state index in [4.69, 9.17) is 11.6 Å². The van der Waals surface area contributed by atoms with E-state index in [0.29, 0.717) is 0 Å². The number of benzene rings is 2. The molecule has 0 unspecified atom stereocenters. The summed E-state index contributed by atoms with van der Waals surface area (Å²) in [5, 5.41) is 6.79. The number of hydrogen-bond acceptors (Lipinski definition) is 1. The maximum absolute atomic E-state index is 6.26. The van der Waals surface area contributed by atoms with Gasteiger partial charge < -0.3 is 5.32 Å². The van der Waals surface area contributed by atoms with Crippen molar-refractivity contribution in [1.29, 1.82) is 0 Å². The topological polar surface area (TPSA) is 12.0 Å². The molecular formula is C16H18ClN. The number of hydrogen-bond donors (Lipinski definition) is 1. The lowest BCUT2D eigenvalue weighted by Gasteiger charge is -2.23. The molecule has 18 heavy (non-hydrogen) atoms. The minimum Gasteiger partial charge on any atom is -0.317 e. The fourth-order valence-corrected chi connectivity index (χ4v) is 3.13. The van der Waals surface area contributed by atoms with Crippen molar-refractivity contribution in [1.82, 2.24) is 5.32 Å². The summed E-state index contributed by atoms with van der Waals surface area (Å²) in [4.78, 5) is 0. The Labute approximate surface area is 113 Å². The SMILES string of the molecule is Clc1ccc(CC2CCNCC2)c2ccccc12. The van der Waals surface area contributed by atoms with E-state index in [9.17, 15) is 0 Å². The van der Waals surface area contributed by atoms with Crippen LogP contribution in [-0.4, -0.2) is 13.1 Å². The highest BCUT2D eigenvalue weighted by Gasteiger charge is 2.15. The van der Waals surface area contributed by atoms with E-state index in [0.717, 1.165) is 24.0 Å². The average Bonchev–Trinajstić information content (AvgIpc) is 2.44. The number of rotatable bonds is 2. The lowest BCUT2D eigenvalue weighted by Crippen LogP contribution is -2.28. The molecule has 0 aliphatic carbocycles. The lowest BCUT2D eigenvalue weighted by molar-refractivity contribution is 0.373. The Morgan fingerprint density at radius 3 is 2.50 bits per heavy atom. The van der Waals surface area contributed by atoms with Gasteiger partial charge in [0, 0.05) is 10.4 Å². The van der Waals surface area contributed by atoms with Crippen molar-refractivity contribution in [3.05, 3.63) is 47.0 Å². The first-order valence-corrected chi connectivity index (χ1v) is 7.09. The molecule has 1 saturated heterocycles. The first-order valence-electron chi connectivity index (χ1n) is 6.71. The number of halogens is 1. The van der Waals surface area contributed by atoms with Crippen LogP contribution in [0.4, 0.5) is 0 Å². The third-order valence-corrected chi connectivity index (χ3v) is 4.26. The van der Waals surface area contributed by atoms with E-state index >= 15 is 0 Å². The average molecular weight is 260 g/mol. The Bertz CT molecular complexity index is 544. The normalized spacial score (nSPS) is 17.2. The second-order valence-electron chi connectivity index (χ2n) is 5.15. The zero-order valence-corrected chi connectivity index (χ0v) is 11.2. The molecule has 0 saturated carbocycles. The highest BCUT2D eigenvalue weighted by molar-refractivity contribution is 6.35. The largest absolute Gasteiger partial charge is 0.317 e. The van der Waals surface area contributed by atoms with Crippen LogP contribution in [0.25, 0.3) is 10.8 Å². The van der Waals surface area contributed by atoms with E-state index in [2.05, 4.69) is 35.6 Å². The molecule has 1 N–H and O–H groups in total. The van der Waals surface area contributed by atoms with Gasteiger partial charge in [0.1, 0.15) is 0 Å². The second kappa shape index (κ2) is 5.29. The van der Waals surface area contributed by atoms with Crippen LogP contribution in [0.2, 0.25) is 5.02 Å². The molecule has 0 radical (unpaired) electrons. The molecule has 1 nitrogen and oxygen atoms in total. The van der Waals surface area contributed by atoms with Crippen LogP contribution in [0.15, 0.2) is 36.4 Å². The van der Waals surface area contributed by atoms with Crippen molar-refractivity contribution in [3.8, 4) is 0 Å². The van der Waals surface area contributed by atoms with E-state index in [1.165, 1.54) is 35.6 Å². The highest BCUT2D eigenvalue weighted by Crippen LogP contribution is 2.29. The van der Waals surface area contributed by atoms with Crippen molar-refractivity contribution in [3.63, 3.8) is 0 Å². The first kappa shape index (κ1) is 12.0. The third kappa shape index (κ3) is 2.38. The Morgan fingerprint density at radius 2 is 1.72 bits per heavy atom. The molecule has 1 heterocycles. The molecule has 2 heteroatoms. The molecule has 0 spiro atoms. The molecule has 1 fully saturated rings. The van der Waals surface area contributed by atoms with Crippen LogP contribution in [0.1, 0.15) is 18.4 Å². The van der Waals surface area contributed by atoms with Crippen molar-refractivity contribution in [2.75, 3.05) is 13.1 Å². The van der Waals surface area contributed by atoms with Gasteiger partial charge in [-0.1, -0.05) is 41.9 Å². The van der Waals surface area contributed by atoms with Gasteiger partial charge >= 0.3 is 0 Å². The van der Waals surface area contributed by atoms with E-state index in [1.54, 1.807) is 0 Å². The third-order valence-electron chi connectivity index (χ3n) is 3.93. The fraction of sp³-hybridized carbons (Fsp3) is 0.375. The molecule has 3 rings (SSSR count). The van der Waals surface area contributed by atoms with Crippen LogP contribution in [-0.2, 0) is 6.42 Å². The smallest absolute Gasteiger partial charge is 0.0484 e. The summed E-state index contributed by atoms with van der Waals surface area (Å²) in [5.41, 5.74) is 1.45. The van der Waals surface area contributed by atoms with Gasteiger partial charge in [-0.05, 0) is 55.3 Å². The predicted octanol–water partition coefficient (Wildman–Crippen LogP) is 4.04. The molecule has 94 valence electrons. The lowest BCUT2D eigenvalue weighted by atomic mass is 9.89. The summed E-state index contributed by atoms with van der Waals surface area (Å²) in [7, 11) is 0. The molecule has 2 aromatic rings. The summed E-state index contributed by atoms with van der Waals surface area (Å²) in [6, 6.07) is 12.7. The monoisotopic (exact) mass is 259 g/mol. The van der Waals surface area contributed by atoms with Gasteiger partial charge in [0.2, 0.25) is 0 Å². The zero-order chi connectivity index (χ0) is 12.4. The Kier molecular flexibility index (Phi) is 3.53. The van der Waals surface area contributed by atoms with Gasteiger partial charge in [0.25, 0.3) is 0 Å². The van der Waals surface area contributed by atoms with Gasteiger partial charge in [0.15, 0.2) is 0 Å². The van der Waals surface area contributed by atoms with Gasteiger partial charge in [-0.15, -0.1) is 0 Å².